The van der Waals surface area contributed by atoms with Gasteiger partial charge in [0, 0.05) is 11.3 Å². The highest BCUT2D eigenvalue weighted by Gasteiger charge is 2.33. The molecule has 0 saturated heterocycles. The van der Waals surface area contributed by atoms with Crippen molar-refractivity contribution in [2.24, 2.45) is 5.10 Å². The highest BCUT2D eigenvalue weighted by atomic mass is 16.5. The molecule has 1 atom stereocenters. The number of aromatic hydroxyl groups is 1. The third-order valence-electron chi connectivity index (χ3n) is 4.96. The van der Waals surface area contributed by atoms with Crippen LogP contribution in [-0.2, 0) is 14.3 Å². The average molecular weight is 482 g/mol. The van der Waals surface area contributed by atoms with Gasteiger partial charge >= 0.3 is 12.0 Å². The quantitative estimate of drug-likeness (QED) is 0.243. The maximum atomic E-state index is 12.6. The lowest BCUT2D eigenvalue weighted by atomic mass is 9.95. The second kappa shape index (κ2) is 11.5. The number of esters is 1. The molecule has 3 amide bonds. The number of methoxy groups -OCH3 is 1. The van der Waals surface area contributed by atoms with Crippen LogP contribution in [-0.4, -0.2) is 49.6 Å². The first-order valence-corrected chi connectivity index (χ1v) is 10.7. The number of carbonyl (C=O) groups excluding carboxylic acids is 3. The summed E-state index contributed by atoms with van der Waals surface area (Å²) < 4.78 is 15.9. The number of phenolic OH excluding ortho intramolecular Hbond substituents is 1. The van der Waals surface area contributed by atoms with Gasteiger partial charge in [0.2, 0.25) is 0 Å². The van der Waals surface area contributed by atoms with Crippen LogP contribution in [0.2, 0.25) is 0 Å². The predicted molar refractivity (Wildman–Crippen MR) is 126 cm³/mol. The summed E-state index contributed by atoms with van der Waals surface area (Å²) in [5.74, 6) is -0.543. The molecule has 184 valence electrons. The van der Waals surface area contributed by atoms with Crippen LogP contribution in [0.25, 0.3) is 0 Å². The fourth-order valence-corrected chi connectivity index (χ4v) is 3.39. The van der Waals surface area contributed by atoms with E-state index >= 15 is 0 Å². The van der Waals surface area contributed by atoms with E-state index in [0.717, 1.165) is 0 Å². The monoisotopic (exact) mass is 482 g/mol. The van der Waals surface area contributed by atoms with Crippen molar-refractivity contribution in [1.82, 2.24) is 16.1 Å². The van der Waals surface area contributed by atoms with Crippen molar-refractivity contribution in [3.05, 3.63) is 64.9 Å². The molecule has 1 aliphatic heterocycles. The highest BCUT2D eigenvalue weighted by molar-refractivity contribution is 5.95. The summed E-state index contributed by atoms with van der Waals surface area (Å²) in [7, 11) is 1.43. The van der Waals surface area contributed by atoms with Gasteiger partial charge in [0.15, 0.2) is 18.1 Å². The Labute approximate surface area is 201 Å². The van der Waals surface area contributed by atoms with E-state index in [9.17, 15) is 19.5 Å². The number of hydrazone groups is 1. The Kier molecular flexibility index (Phi) is 8.28. The topological polar surface area (TPSA) is 148 Å². The maximum Gasteiger partial charge on any atom is 0.338 e. The fraction of sp³-hybridized carbons (Fsp3) is 0.250. The molecule has 0 bridgehead atoms. The average Bonchev–Trinajstić information content (AvgIpc) is 2.83. The lowest BCUT2D eigenvalue weighted by Gasteiger charge is -2.29. The minimum atomic E-state index is -0.829. The Balaban J connectivity index is 1.70. The molecular formula is C24H26N4O7. The number of urea groups is 1. The van der Waals surface area contributed by atoms with Gasteiger partial charge in [0.05, 0.1) is 31.5 Å². The third kappa shape index (κ3) is 6.28. The zero-order valence-corrected chi connectivity index (χ0v) is 19.5. The van der Waals surface area contributed by atoms with Crippen molar-refractivity contribution in [2.45, 2.75) is 19.9 Å². The molecular weight excluding hydrogens is 456 g/mol. The number of allylic oxidation sites excluding steroid dienone is 1. The first-order chi connectivity index (χ1) is 16.8. The van der Waals surface area contributed by atoms with Crippen LogP contribution in [0.4, 0.5) is 4.79 Å². The molecule has 4 N–H and O–H groups in total. The van der Waals surface area contributed by atoms with E-state index in [4.69, 9.17) is 14.2 Å². The van der Waals surface area contributed by atoms with E-state index in [-0.39, 0.29) is 30.3 Å². The van der Waals surface area contributed by atoms with E-state index in [1.807, 2.05) is 0 Å². The van der Waals surface area contributed by atoms with Crippen LogP contribution in [0.1, 0.15) is 31.0 Å². The third-order valence-corrected chi connectivity index (χ3v) is 4.96. The Hall–Kier alpha value is -4.54. The first kappa shape index (κ1) is 25.1. The number of para-hydroxylation sites is 1. The van der Waals surface area contributed by atoms with Gasteiger partial charge in [-0.25, -0.2) is 15.0 Å². The molecule has 35 heavy (non-hydrogen) atoms. The summed E-state index contributed by atoms with van der Waals surface area (Å²) in [5, 5.41) is 18.8. The van der Waals surface area contributed by atoms with Gasteiger partial charge in [-0.1, -0.05) is 18.2 Å². The van der Waals surface area contributed by atoms with Crippen molar-refractivity contribution in [3.8, 4) is 17.2 Å². The molecule has 0 aromatic heterocycles. The van der Waals surface area contributed by atoms with Gasteiger partial charge in [-0.15, -0.1) is 0 Å². The molecule has 11 heteroatoms. The largest absolute Gasteiger partial charge is 0.504 e. The van der Waals surface area contributed by atoms with Gasteiger partial charge < -0.3 is 30.0 Å². The van der Waals surface area contributed by atoms with Crippen molar-refractivity contribution in [2.75, 3.05) is 20.3 Å². The normalized spacial score (nSPS) is 15.3. The number of nitrogens with zero attached hydrogens (tertiary/aromatic N) is 1. The molecule has 0 radical (unpaired) electrons. The molecule has 1 heterocycles. The van der Waals surface area contributed by atoms with Crippen molar-refractivity contribution >= 4 is 24.1 Å². The molecule has 1 unspecified atom stereocenters. The molecule has 1 aliphatic rings. The van der Waals surface area contributed by atoms with Crippen molar-refractivity contribution in [1.29, 1.82) is 0 Å². The van der Waals surface area contributed by atoms with Gasteiger partial charge in [0.25, 0.3) is 5.91 Å². The molecule has 2 aromatic rings. The van der Waals surface area contributed by atoms with Crippen LogP contribution in [0.15, 0.2) is 58.8 Å². The number of phenols is 1. The van der Waals surface area contributed by atoms with Gasteiger partial charge in [-0.2, -0.15) is 5.10 Å². The van der Waals surface area contributed by atoms with E-state index in [1.165, 1.54) is 19.4 Å². The molecule has 0 saturated carbocycles. The predicted octanol–water partition coefficient (Wildman–Crippen LogP) is 2.12. The SMILES string of the molecule is CCOC(=O)C1=C(C)NC(=O)NC1c1ccccc1OCC(=O)N/N=C/c1ccc(O)c(OC)c1. The number of hydrogen-bond acceptors (Lipinski definition) is 8. The molecule has 2 aromatic carbocycles. The summed E-state index contributed by atoms with van der Waals surface area (Å²) in [5.41, 5.74) is 4.03. The Bertz CT molecular complexity index is 1180. The molecule has 0 aliphatic carbocycles. The Morgan fingerprint density at radius 3 is 2.71 bits per heavy atom. The number of carbonyl (C=O) groups is 3. The highest BCUT2D eigenvalue weighted by Crippen LogP contribution is 2.33. The maximum absolute atomic E-state index is 12.6. The second-order valence-electron chi connectivity index (χ2n) is 7.34. The number of nitrogens with one attached hydrogen (secondary N) is 3. The fourth-order valence-electron chi connectivity index (χ4n) is 3.39. The van der Waals surface area contributed by atoms with Gasteiger partial charge in [-0.05, 0) is 43.7 Å². The molecule has 11 nitrogen and oxygen atoms in total. The summed E-state index contributed by atoms with van der Waals surface area (Å²) >= 11 is 0. The van der Waals surface area contributed by atoms with Crippen molar-refractivity contribution < 1.29 is 33.7 Å². The first-order valence-electron chi connectivity index (χ1n) is 10.7. The summed E-state index contributed by atoms with van der Waals surface area (Å²) in [6.07, 6.45) is 1.39. The number of rotatable bonds is 9. The van der Waals surface area contributed by atoms with Gasteiger partial charge in [0.1, 0.15) is 5.75 Å². The van der Waals surface area contributed by atoms with Crippen LogP contribution in [0.5, 0.6) is 17.2 Å². The Morgan fingerprint density at radius 2 is 1.97 bits per heavy atom. The molecule has 0 spiro atoms. The van der Waals surface area contributed by atoms with Gasteiger partial charge in [-0.3, -0.25) is 4.79 Å². The van der Waals surface area contributed by atoms with E-state index < -0.39 is 23.9 Å². The zero-order valence-electron chi connectivity index (χ0n) is 19.5. The number of benzene rings is 2. The number of amides is 3. The lowest BCUT2D eigenvalue weighted by molar-refractivity contribution is -0.139. The van der Waals surface area contributed by atoms with Crippen LogP contribution >= 0.6 is 0 Å². The zero-order chi connectivity index (χ0) is 25.4. The van der Waals surface area contributed by atoms with Crippen LogP contribution < -0.4 is 25.5 Å². The number of ether oxygens (including phenoxy) is 3. The molecule has 3 rings (SSSR count). The minimum absolute atomic E-state index is 0.0122. The van der Waals surface area contributed by atoms with E-state index in [2.05, 4.69) is 21.2 Å². The second-order valence-corrected chi connectivity index (χ2v) is 7.34. The number of hydrogen-bond donors (Lipinski definition) is 4. The summed E-state index contributed by atoms with van der Waals surface area (Å²) in [6, 6.07) is 10.0. The van der Waals surface area contributed by atoms with Crippen LogP contribution in [0.3, 0.4) is 0 Å². The minimum Gasteiger partial charge on any atom is -0.504 e. The molecule has 0 fully saturated rings. The Morgan fingerprint density at radius 1 is 1.20 bits per heavy atom. The van der Waals surface area contributed by atoms with E-state index in [1.54, 1.807) is 50.2 Å². The van der Waals surface area contributed by atoms with Crippen LogP contribution in [0, 0.1) is 0 Å². The van der Waals surface area contributed by atoms with Crippen molar-refractivity contribution in [3.63, 3.8) is 0 Å². The lowest BCUT2D eigenvalue weighted by Crippen LogP contribution is -2.45. The summed E-state index contributed by atoms with van der Waals surface area (Å²) in [6.45, 7) is 3.10. The summed E-state index contributed by atoms with van der Waals surface area (Å²) in [4.78, 5) is 36.9. The standard InChI is InChI=1S/C24H26N4O7/c1-4-34-23(31)21-14(2)26-24(32)27-22(21)16-7-5-6-8-18(16)35-13-20(30)28-25-12-15-9-10-17(29)19(11-15)33-3/h5-12,22,29H,4,13H2,1-3H3,(H,28,30)(H2,26,27,32)/b25-12+. The van der Waals surface area contributed by atoms with E-state index in [0.29, 0.717) is 22.6 Å². The smallest absolute Gasteiger partial charge is 0.338 e.